The summed E-state index contributed by atoms with van der Waals surface area (Å²) in [5.41, 5.74) is 4.29. The number of aromatic nitrogens is 3. The molecule has 4 rings (SSSR count). The van der Waals surface area contributed by atoms with Gasteiger partial charge in [-0.05, 0) is 35.7 Å². The summed E-state index contributed by atoms with van der Waals surface area (Å²) < 4.78 is 9.13. The highest BCUT2D eigenvalue weighted by molar-refractivity contribution is 7.93. The van der Waals surface area contributed by atoms with Gasteiger partial charge < -0.3 is 14.8 Å². The van der Waals surface area contributed by atoms with Gasteiger partial charge in [0.05, 0.1) is 17.7 Å². The first kappa shape index (κ1) is 20.3. The van der Waals surface area contributed by atoms with Gasteiger partial charge in [-0.3, -0.25) is 4.79 Å². The second-order valence-electron chi connectivity index (χ2n) is 7.50. The molecule has 30 heavy (non-hydrogen) atoms. The molecule has 0 spiro atoms. The minimum Gasteiger partial charge on any atom is -0.352 e. The van der Waals surface area contributed by atoms with Crippen LogP contribution >= 0.6 is 12.0 Å². The Kier molecular flexibility index (Phi) is 5.96. The molecule has 0 unspecified atom stereocenters. The molecule has 0 fully saturated rings. The van der Waals surface area contributed by atoms with Gasteiger partial charge in [0, 0.05) is 37.0 Å². The molecule has 2 aromatic heterocycles. The van der Waals surface area contributed by atoms with Crippen molar-refractivity contribution in [3.05, 3.63) is 71.2 Å². The van der Waals surface area contributed by atoms with Gasteiger partial charge in [0.1, 0.15) is 11.5 Å². The number of amides is 1. The average Bonchev–Trinajstić information content (AvgIpc) is 2.78. The molecule has 1 amide bonds. The number of fused-ring (bicyclic) bond motifs is 1. The van der Waals surface area contributed by atoms with Gasteiger partial charge in [0.2, 0.25) is 5.16 Å². The van der Waals surface area contributed by atoms with E-state index in [0.717, 1.165) is 35.7 Å². The molecule has 0 saturated carbocycles. The lowest BCUT2D eigenvalue weighted by atomic mass is 10.0. The number of hydrogen-bond acceptors (Lipinski definition) is 7. The molecule has 0 aliphatic carbocycles. The second-order valence-corrected chi connectivity index (χ2v) is 8.05. The maximum Gasteiger partial charge on any atom is 0.274 e. The predicted molar refractivity (Wildman–Crippen MR) is 118 cm³/mol. The number of hydrogen-bond donors (Lipinski definition) is 2. The summed E-state index contributed by atoms with van der Waals surface area (Å²) >= 11 is 0.554. The van der Waals surface area contributed by atoms with Crippen LogP contribution in [0.1, 0.15) is 47.1 Å². The Balaban J connectivity index is 1.47. The third-order valence-corrected chi connectivity index (χ3v) is 5.48. The van der Waals surface area contributed by atoms with Crippen molar-refractivity contribution < 1.29 is 9.35 Å². The van der Waals surface area contributed by atoms with E-state index < -0.39 is 0 Å². The third-order valence-electron chi connectivity index (χ3n) is 5.12. The van der Waals surface area contributed by atoms with Gasteiger partial charge in [-0.15, -0.1) is 0 Å². The lowest BCUT2D eigenvalue weighted by Gasteiger charge is -2.29. The summed E-state index contributed by atoms with van der Waals surface area (Å²) in [6.45, 7) is 5.62. The molecular weight excluding hydrogens is 398 g/mol. The van der Waals surface area contributed by atoms with E-state index in [1.54, 1.807) is 12.3 Å². The zero-order valence-corrected chi connectivity index (χ0v) is 17.7. The van der Waals surface area contributed by atoms with Crippen LogP contribution in [-0.4, -0.2) is 32.0 Å². The van der Waals surface area contributed by atoms with Gasteiger partial charge >= 0.3 is 0 Å². The Bertz CT molecular complexity index is 1060. The molecule has 2 N–H and O–H groups in total. The fraction of sp³-hybridized carbons (Fsp3) is 0.273. The number of benzene rings is 1. The number of anilines is 2. The first-order valence-corrected chi connectivity index (χ1v) is 10.6. The average molecular weight is 422 g/mol. The summed E-state index contributed by atoms with van der Waals surface area (Å²) in [6.07, 6.45) is 2.47. The summed E-state index contributed by atoms with van der Waals surface area (Å²) in [6, 6.07) is 13.3. The van der Waals surface area contributed by atoms with Crippen LogP contribution in [-0.2, 0) is 13.0 Å². The van der Waals surface area contributed by atoms with Gasteiger partial charge in [0.25, 0.3) is 5.91 Å². The molecule has 1 aliphatic heterocycles. The number of carbonyl (C=O) groups is 1. The summed E-state index contributed by atoms with van der Waals surface area (Å²) in [5, 5.41) is 3.28. The van der Waals surface area contributed by atoms with Crippen LogP contribution in [0.5, 0.6) is 0 Å². The van der Waals surface area contributed by atoms with E-state index in [-0.39, 0.29) is 5.91 Å². The number of nitrogens with zero attached hydrogens (tertiary/aromatic N) is 4. The second kappa shape index (κ2) is 8.81. The highest BCUT2D eigenvalue weighted by atomic mass is 32.2. The maximum absolute atomic E-state index is 12.7. The number of carbonyl (C=O) groups excluding carboxylic acids is 1. The van der Waals surface area contributed by atoms with Crippen LogP contribution in [0.15, 0.2) is 53.8 Å². The molecule has 0 atom stereocenters. The van der Waals surface area contributed by atoms with Crippen molar-refractivity contribution in [2.75, 3.05) is 16.8 Å². The molecule has 1 aliphatic rings. The minimum atomic E-state index is -0.237. The summed E-state index contributed by atoms with van der Waals surface area (Å²) in [7, 11) is 0. The van der Waals surface area contributed by atoms with Crippen molar-refractivity contribution in [3.8, 4) is 0 Å². The van der Waals surface area contributed by atoms with Crippen molar-refractivity contribution in [2.24, 2.45) is 0 Å². The topological polar surface area (TPSA) is 91.2 Å². The fourth-order valence-electron chi connectivity index (χ4n) is 3.41. The number of rotatable bonds is 5. The quantitative estimate of drug-likeness (QED) is 0.467. The van der Waals surface area contributed by atoms with Crippen LogP contribution in [0.25, 0.3) is 0 Å². The van der Waals surface area contributed by atoms with Gasteiger partial charge in [0.15, 0.2) is 0 Å². The van der Waals surface area contributed by atoms with Crippen molar-refractivity contribution in [2.45, 2.75) is 37.9 Å². The molecule has 0 bridgehead atoms. The molecule has 3 heterocycles. The van der Waals surface area contributed by atoms with Crippen LogP contribution in [0.4, 0.5) is 11.5 Å². The van der Waals surface area contributed by atoms with E-state index in [2.05, 4.69) is 39.0 Å². The SMILES string of the molecule is CC(C)c1ccc(NC(=O)c2cccc(N3CCc4nc(SO)ncc4C3)n2)cc1. The largest absolute Gasteiger partial charge is 0.352 e. The van der Waals surface area contributed by atoms with E-state index in [9.17, 15) is 4.79 Å². The molecule has 1 aromatic carbocycles. The Hall–Kier alpha value is -2.97. The van der Waals surface area contributed by atoms with Crippen molar-refractivity contribution in [1.29, 1.82) is 0 Å². The zero-order chi connectivity index (χ0) is 21.1. The van der Waals surface area contributed by atoms with Gasteiger partial charge in [-0.25, -0.2) is 15.0 Å². The normalized spacial score (nSPS) is 13.3. The maximum atomic E-state index is 12.7. The van der Waals surface area contributed by atoms with E-state index in [1.807, 2.05) is 36.4 Å². The van der Waals surface area contributed by atoms with E-state index >= 15 is 0 Å². The molecule has 3 aromatic rings. The molecule has 0 saturated heterocycles. The standard InChI is InChI=1S/C22H23N5O2S/c1-14(2)15-6-8-17(9-7-15)24-21(28)19-4-3-5-20(25-19)27-11-10-18-16(13-27)12-23-22(26-18)30-29/h3-9,12,14,29H,10-11,13H2,1-2H3,(H,24,28). The third kappa shape index (κ3) is 4.44. The fourth-order valence-corrected chi connectivity index (χ4v) is 3.66. The Morgan fingerprint density at radius 3 is 2.70 bits per heavy atom. The highest BCUT2D eigenvalue weighted by Crippen LogP contribution is 2.23. The molecule has 7 nitrogen and oxygen atoms in total. The minimum absolute atomic E-state index is 0.237. The van der Waals surface area contributed by atoms with Gasteiger partial charge in [-0.2, -0.15) is 0 Å². The first-order chi connectivity index (χ1) is 14.5. The number of nitrogens with one attached hydrogen (secondary N) is 1. The lowest BCUT2D eigenvalue weighted by molar-refractivity contribution is 0.102. The van der Waals surface area contributed by atoms with Crippen LogP contribution in [0, 0.1) is 0 Å². The Labute approximate surface area is 179 Å². The van der Waals surface area contributed by atoms with Crippen LogP contribution in [0.2, 0.25) is 0 Å². The Morgan fingerprint density at radius 2 is 1.97 bits per heavy atom. The van der Waals surface area contributed by atoms with Crippen molar-refractivity contribution in [1.82, 2.24) is 15.0 Å². The monoisotopic (exact) mass is 421 g/mol. The first-order valence-electron chi connectivity index (χ1n) is 9.83. The summed E-state index contributed by atoms with van der Waals surface area (Å²) in [5.74, 6) is 0.950. The van der Waals surface area contributed by atoms with Crippen LogP contribution < -0.4 is 10.2 Å². The molecular formula is C22H23N5O2S. The zero-order valence-electron chi connectivity index (χ0n) is 16.9. The lowest BCUT2D eigenvalue weighted by Crippen LogP contribution is -2.32. The van der Waals surface area contributed by atoms with Crippen molar-refractivity contribution in [3.63, 3.8) is 0 Å². The summed E-state index contributed by atoms with van der Waals surface area (Å²) in [4.78, 5) is 27.9. The smallest absolute Gasteiger partial charge is 0.274 e. The van der Waals surface area contributed by atoms with Crippen molar-refractivity contribution >= 4 is 29.5 Å². The van der Waals surface area contributed by atoms with Gasteiger partial charge in [-0.1, -0.05) is 32.0 Å². The highest BCUT2D eigenvalue weighted by Gasteiger charge is 2.20. The van der Waals surface area contributed by atoms with Crippen LogP contribution in [0.3, 0.4) is 0 Å². The molecule has 8 heteroatoms. The van der Waals surface area contributed by atoms with E-state index in [4.69, 9.17) is 4.55 Å². The van der Waals surface area contributed by atoms with E-state index in [1.165, 1.54) is 5.56 Å². The Morgan fingerprint density at radius 1 is 1.17 bits per heavy atom. The number of pyridine rings is 1. The predicted octanol–water partition coefficient (Wildman–Crippen LogP) is 4.38. The molecule has 154 valence electrons. The van der Waals surface area contributed by atoms with E-state index in [0.29, 0.717) is 35.4 Å². The molecule has 0 radical (unpaired) electrons.